The normalized spacial score (nSPS) is 14.7. The Hall–Kier alpha value is -3.35. The lowest BCUT2D eigenvalue weighted by Gasteiger charge is -2.43. The molecule has 3 rings (SSSR count). The highest BCUT2D eigenvalue weighted by molar-refractivity contribution is 7.07. The Morgan fingerprint density at radius 2 is 0.660 bits per heavy atom. The molecule has 0 aliphatic heterocycles. The first-order chi connectivity index (χ1) is 21.3. The summed E-state index contributed by atoms with van der Waals surface area (Å²) in [5, 5.41) is 0.741. The van der Waals surface area contributed by atoms with Crippen molar-refractivity contribution in [2.24, 2.45) is 0 Å². The lowest BCUT2D eigenvalue weighted by molar-refractivity contribution is -0.461. The van der Waals surface area contributed by atoms with Gasteiger partial charge in [-0.3, -0.25) is 0 Å². The van der Waals surface area contributed by atoms with Crippen LogP contribution in [0.15, 0.2) is 91.0 Å². The molecule has 1 nitrogen and oxygen atoms in total. The van der Waals surface area contributed by atoms with Crippen molar-refractivity contribution in [1.29, 1.82) is 0 Å². The highest BCUT2D eigenvalue weighted by Crippen LogP contribution is 2.64. The minimum Gasteiger partial charge on any atom is -0.404 e. The van der Waals surface area contributed by atoms with Crippen molar-refractivity contribution in [1.82, 2.24) is 0 Å². The van der Waals surface area contributed by atoms with E-state index >= 15 is 0 Å². The van der Waals surface area contributed by atoms with Gasteiger partial charge in [0, 0.05) is 13.0 Å². The molecule has 0 aromatic heterocycles. The first kappa shape index (κ1) is 38.1. The van der Waals surface area contributed by atoms with Crippen molar-refractivity contribution in [3.8, 4) is 0 Å². The topological polar surface area (TPSA) is 9.23 Å². The third-order valence-electron chi connectivity index (χ3n) is 7.06. The Morgan fingerprint density at radius 1 is 0.383 bits per heavy atom. The fourth-order valence-corrected chi connectivity index (χ4v) is 8.35. The molecule has 0 amide bonds. The third-order valence-corrected chi connectivity index (χ3v) is 11.1. The third kappa shape index (κ3) is 5.86. The summed E-state index contributed by atoms with van der Waals surface area (Å²) in [4.78, 5) is 0. The van der Waals surface area contributed by atoms with Crippen molar-refractivity contribution < 1.29 is 79.1 Å². The standard InChI is InChI=1S/C28H19F17OSi/c29-21(30,22(31,32)23(33,34)24(35,36)25(37,38)26(39,40)27(41,42)28(43,44)45)16-17-46-47(18-10-4-1-5-11-18,19-12-6-2-7-13-19)20-14-8-3-9-15-20/h1-15H,16-17H2. The molecule has 0 radical (unpaired) electrons. The average molecular weight is 723 g/mol. The Labute approximate surface area is 255 Å². The zero-order chi connectivity index (χ0) is 36.0. The monoisotopic (exact) mass is 722 g/mol. The average Bonchev–Trinajstić information content (AvgIpc) is 2.99. The zero-order valence-electron chi connectivity index (χ0n) is 22.9. The van der Waals surface area contributed by atoms with Crippen LogP contribution in [0.25, 0.3) is 0 Å². The van der Waals surface area contributed by atoms with Gasteiger partial charge in [0.2, 0.25) is 0 Å². The number of hydrogen-bond acceptors (Lipinski definition) is 1. The quantitative estimate of drug-likeness (QED) is 0.0986. The minimum atomic E-state index is -8.67. The molecule has 0 aliphatic rings. The molecule has 19 heteroatoms. The second-order valence-electron chi connectivity index (χ2n) is 10.0. The smallest absolute Gasteiger partial charge is 0.404 e. The highest BCUT2D eigenvalue weighted by atomic mass is 28.4. The molecule has 3 aromatic rings. The van der Waals surface area contributed by atoms with E-state index in [1.807, 2.05) is 0 Å². The molecule has 3 aromatic carbocycles. The van der Waals surface area contributed by atoms with Gasteiger partial charge in [0.1, 0.15) is 0 Å². The maximum Gasteiger partial charge on any atom is 0.460 e. The molecule has 0 N–H and O–H groups in total. The van der Waals surface area contributed by atoms with E-state index in [4.69, 9.17) is 4.43 Å². The first-order valence-electron chi connectivity index (χ1n) is 12.8. The predicted molar refractivity (Wildman–Crippen MR) is 135 cm³/mol. The molecule has 0 fully saturated rings. The van der Waals surface area contributed by atoms with Crippen LogP contribution in [0.2, 0.25) is 0 Å². The largest absolute Gasteiger partial charge is 0.460 e. The number of alkyl halides is 17. The summed E-state index contributed by atoms with van der Waals surface area (Å²) in [6.07, 6.45) is -10.5. The molecule has 0 saturated carbocycles. The van der Waals surface area contributed by atoms with E-state index in [-0.39, 0.29) is 15.6 Å². The van der Waals surface area contributed by atoms with Crippen molar-refractivity contribution >= 4 is 23.9 Å². The van der Waals surface area contributed by atoms with E-state index < -0.39 is 69.0 Å². The molecule has 0 unspecified atom stereocenters. The van der Waals surface area contributed by atoms with Crippen molar-refractivity contribution in [3.63, 3.8) is 0 Å². The molecular weight excluding hydrogens is 703 g/mol. The van der Waals surface area contributed by atoms with Gasteiger partial charge in [-0.15, -0.1) is 0 Å². The van der Waals surface area contributed by atoms with Gasteiger partial charge in [0.15, 0.2) is 0 Å². The summed E-state index contributed by atoms with van der Waals surface area (Å²) < 4.78 is 239. The number of rotatable bonds is 13. The van der Waals surface area contributed by atoms with E-state index in [1.165, 1.54) is 91.0 Å². The van der Waals surface area contributed by atoms with Crippen molar-refractivity contribution in [2.45, 2.75) is 54.1 Å². The molecule has 0 bridgehead atoms. The van der Waals surface area contributed by atoms with Gasteiger partial charge < -0.3 is 4.43 Å². The molecular formula is C28H19F17OSi. The van der Waals surface area contributed by atoms with Gasteiger partial charge >= 0.3 is 47.6 Å². The lowest BCUT2D eigenvalue weighted by Crippen LogP contribution is -2.74. The van der Waals surface area contributed by atoms with Gasteiger partial charge in [-0.2, -0.15) is 74.6 Å². The van der Waals surface area contributed by atoms with Crippen LogP contribution in [-0.4, -0.2) is 62.6 Å². The van der Waals surface area contributed by atoms with E-state index in [2.05, 4.69) is 0 Å². The van der Waals surface area contributed by atoms with Gasteiger partial charge in [-0.05, 0) is 15.6 Å². The van der Waals surface area contributed by atoms with Crippen LogP contribution in [0.1, 0.15) is 6.42 Å². The Bertz CT molecular complexity index is 1380. The highest BCUT2D eigenvalue weighted by Gasteiger charge is 2.95. The van der Waals surface area contributed by atoms with Crippen molar-refractivity contribution in [2.75, 3.05) is 6.61 Å². The Morgan fingerprint density at radius 3 is 0.957 bits per heavy atom. The second kappa shape index (κ2) is 12.3. The first-order valence-corrected chi connectivity index (χ1v) is 14.7. The van der Waals surface area contributed by atoms with Gasteiger partial charge in [0.05, 0.1) is 0 Å². The van der Waals surface area contributed by atoms with E-state index in [9.17, 15) is 74.6 Å². The van der Waals surface area contributed by atoms with Crippen LogP contribution in [0.5, 0.6) is 0 Å². The zero-order valence-corrected chi connectivity index (χ0v) is 23.9. The van der Waals surface area contributed by atoms with Crippen LogP contribution in [0.4, 0.5) is 74.6 Å². The number of benzene rings is 3. The molecule has 0 saturated heterocycles. The molecule has 0 heterocycles. The summed E-state index contributed by atoms with van der Waals surface area (Å²) in [5.41, 5.74) is 0. The lowest BCUT2D eigenvalue weighted by atomic mass is 9.88. The Kier molecular flexibility index (Phi) is 9.95. The number of halogens is 17. The molecule has 47 heavy (non-hydrogen) atoms. The number of hydrogen-bond donors (Lipinski definition) is 0. The van der Waals surface area contributed by atoms with Crippen LogP contribution < -0.4 is 15.6 Å². The van der Waals surface area contributed by atoms with Gasteiger partial charge in [-0.25, -0.2) is 0 Å². The molecule has 0 atom stereocenters. The van der Waals surface area contributed by atoms with E-state index in [0.717, 1.165) is 0 Å². The van der Waals surface area contributed by atoms with E-state index in [1.54, 1.807) is 0 Å². The SMILES string of the molecule is FC(F)(F)C(F)(F)C(F)(F)C(F)(F)C(F)(F)C(F)(F)C(F)(F)C(F)(F)CCO[Si](c1ccccc1)(c1ccccc1)c1ccccc1. The maximum absolute atomic E-state index is 14.7. The summed E-state index contributed by atoms with van der Waals surface area (Å²) >= 11 is 0. The summed E-state index contributed by atoms with van der Waals surface area (Å²) in [6, 6.07) is 21.8. The molecule has 0 spiro atoms. The van der Waals surface area contributed by atoms with Gasteiger partial charge in [0.25, 0.3) is 8.32 Å². The van der Waals surface area contributed by atoms with Crippen LogP contribution in [0, 0.1) is 0 Å². The Balaban J connectivity index is 2.05. The molecule has 260 valence electrons. The minimum absolute atomic E-state index is 0.247. The summed E-state index contributed by atoms with van der Waals surface area (Å²) in [6.45, 7) is -1.71. The second-order valence-corrected chi connectivity index (χ2v) is 13.4. The van der Waals surface area contributed by atoms with Crippen LogP contribution in [-0.2, 0) is 4.43 Å². The van der Waals surface area contributed by atoms with Crippen molar-refractivity contribution in [3.05, 3.63) is 91.0 Å². The van der Waals surface area contributed by atoms with Crippen LogP contribution in [0.3, 0.4) is 0 Å². The maximum atomic E-state index is 14.7. The predicted octanol–water partition coefficient (Wildman–Crippen LogP) is 8.07. The fraction of sp³-hybridized carbons (Fsp3) is 0.357. The molecule has 0 aliphatic carbocycles. The van der Waals surface area contributed by atoms with Gasteiger partial charge in [-0.1, -0.05) is 91.0 Å². The fourth-order valence-electron chi connectivity index (χ4n) is 4.45. The summed E-state index contributed by atoms with van der Waals surface area (Å²) in [7, 11) is -4.08. The summed E-state index contributed by atoms with van der Waals surface area (Å²) in [5.74, 6) is -56.7. The van der Waals surface area contributed by atoms with Crippen LogP contribution >= 0.6 is 0 Å². The van der Waals surface area contributed by atoms with E-state index in [0.29, 0.717) is 0 Å².